The Balaban J connectivity index is 2.12. The Hall–Kier alpha value is -1.94. The maximum Gasteiger partial charge on any atom is 0.163 e. The van der Waals surface area contributed by atoms with Crippen LogP contribution in [0.4, 0.5) is 8.78 Å². The van der Waals surface area contributed by atoms with Gasteiger partial charge in [0.05, 0.1) is 6.04 Å². The summed E-state index contributed by atoms with van der Waals surface area (Å²) >= 11 is 0. The van der Waals surface area contributed by atoms with Crippen molar-refractivity contribution in [3.8, 4) is 5.75 Å². The highest BCUT2D eigenvalue weighted by Gasteiger charge is 2.18. The van der Waals surface area contributed by atoms with Crippen molar-refractivity contribution in [2.75, 3.05) is 13.2 Å². The van der Waals surface area contributed by atoms with Crippen molar-refractivity contribution in [1.29, 1.82) is 0 Å². The topological polar surface area (TPSA) is 21.3 Å². The van der Waals surface area contributed by atoms with Crippen LogP contribution in [0.25, 0.3) is 0 Å². The number of rotatable bonds is 6. The first-order valence-electron chi connectivity index (χ1n) is 6.57. The zero-order chi connectivity index (χ0) is 14.4. The number of halogens is 2. The van der Waals surface area contributed by atoms with Gasteiger partial charge in [0.15, 0.2) is 11.6 Å². The molecule has 0 aliphatic heterocycles. The molecule has 0 aliphatic rings. The van der Waals surface area contributed by atoms with Crippen LogP contribution < -0.4 is 10.1 Å². The van der Waals surface area contributed by atoms with E-state index in [9.17, 15) is 8.78 Å². The molecule has 2 nitrogen and oxygen atoms in total. The van der Waals surface area contributed by atoms with E-state index in [1.807, 2.05) is 37.3 Å². The summed E-state index contributed by atoms with van der Waals surface area (Å²) in [5.74, 6) is -0.965. The molecular formula is C16H17F2NO. The van der Waals surface area contributed by atoms with Crippen LogP contribution in [0.5, 0.6) is 5.75 Å². The summed E-state index contributed by atoms with van der Waals surface area (Å²) in [5.41, 5.74) is 0.280. The molecule has 0 saturated heterocycles. The zero-order valence-corrected chi connectivity index (χ0v) is 11.3. The molecule has 0 aromatic heterocycles. The normalized spacial score (nSPS) is 12.2. The number of hydrogen-bond donors (Lipinski definition) is 1. The van der Waals surface area contributed by atoms with E-state index < -0.39 is 17.7 Å². The summed E-state index contributed by atoms with van der Waals surface area (Å²) in [6.45, 7) is 2.78. The predicted molar refractivity (Wildman–Crippen MR) is 74.7 cm³/mol. The van der Waals surface area contributed by atoms with Gasteiger partial charge in [-0.15, -0.1) is 0 Å². The van der Waals surface area contributed by atoms with Gasteiger partial charge < -0.3 is 10.1 Å². The standard InChI is InChI=1S/C16H17F2NO/c1-2-19-15(11-20-12-7-4-3-5-8-12)13-9-6-10-14(17)16(13)18/h3-10,15,19H,2,11H2,1H3. The fraction of sp³-hybridized carbons (Fsp3) is 0.250. The Bertz CT molecular complexity index is 545. The third-order valence-electron chi connectivity index (χ3n) is 2.97. The van der Waals surface area contributed by atoms with Gasteiger partial charge in [0.25, 0.3) is 0 Å². The minimum Gasteiger partial charge on any atom is -0.492 e. The zero-order valence-electron chi connectivity index (χ0n) is 11.3. The highest BCUT2D eigenvalue weighted by atomic mass is 19.2. The van der Waals surface area contributed by atoms with Crippen molar-refractivity contribution >= 4 is 0 Å². The van der Waals surface area contributed by atoms with Crippen LogP contribution in [0, 0.1) is 11.6 Å². The molecule has 0 aliphatic carbocycles. The molecule has 0 saturated carbocycles. The van der Waals surface area contributed by atoms with Gasteiger partial charge in [0, 0.05) is 5.56 Å². The molecule has 0 heterocycles. The van der Waals surface area contributed by atoms with Crippen molar-refractivity contribution in [3.05, 3.63) is 65.7 Å². The first-order valence-corrected chi connectivity index (χ1v) is 6.57. The first-order chi connectivity index (χ1) is 9.72. The SMILES string of the molecule is CCNC(COc1ccccc1)c1cccc(F)c1F. The third kappa shape index (κ3) is 3.54. The lowest BCUT2D eigenvalue weighted by atomic mass is 10.1. The fourth-order valence-corrected chi connectivity index (χ4v) is 1.99. The highest BCUT2D eigenvalue weighted by Crippen LogP contribution is 2.21. The van der Waals surface area contributed by atoms with Gasteiger partial charge in [-0.2, -0.15) is 0 Å². The Morgan fingerprint density at radius 3 is 2.50 bits per heavy atom. The summed E-state index contributed by atoms with van der Waals surface area (Å²) < 4.78 is 32.7. The monoisotopic (exact) mass is 277 g/mol. The molecule has 0 bridgehead atoms. The van der Waals surface area contributed by atoms with Gasteiger partial charge in [-0.25, -0.2) is 8.78 Å². The lowest BCUT2D eigenvalue weighted by Crippen LogP contribution is -2.27. The minimum absolute atomic E-state index is 0.234. The van der Waals surface area contributed by atoms with E-state index in [0.717, 1.165) is 6.07 Å². The number of benzene rings is 2. The molecule has 0 amide bonds. The van der Waals surface area contributed by atoms with Crippen LogP contribution >= 0.6 is 0 Å². The molecule has 20 heavy (non-hydrogen) atoms. The Morgan fingerprint density at radius 2 is 1.80 bits per heavy atom. The molecule has 0 fully saturated rings. The summed E-state index contributed by atoms with van der Waals surface area (Å²) in [7, 11) is 0. The quantitative estimate of drug-likeness (QED) is 0.869. The van der Waals surface area contributed by atoms with E-state index in [-0.39, 0.29) is 12.2 Å². The highest BCUT2D eigenvalue weighted by molar-refractivity contribution is 5.24. The number of hydrogen-bond acceptors (Lipinski definition) is 2. The van der Waals surface area contributed by atoms with E-state index in [0.29, 0.717) is 12.3 Å². The Morgan fingerprint density at radius 1 is 1.05 bits per heavy atom. The summed E-state index contributed by atoms with van der Waals surface area (Å²) in [4.78, 5) is 0. The van der Waals surface area contributed by atoms with Crippen molar-refractivity contribution in [2.45, 2.75) is 13.0 Å². The maximum absolute atomic E-state index is 13.8. The predicted octanol–water partition coefficient (Wildman–Crippen LogP) is 3.69. The van der Waals surface area contributed by atoms with Crippen molar-refractivity contribution in [2.24, 2.45) is 0 Å². The molecule has 2 rings (SSSR count). The molecule has 2 aromatic carbocycles. The van der Waals surface area contributed by atoms with Crippen LogP contribution in [-0.2, 0) is 0 Å². The van der Waals surface area contributed by atoms with Crippen LogP contribution in [-0.4, -0.2) is 13.2 Å². The van der Waals surface area contributed by atoms with Crippen LogP contribution in [0.1, 0.15) is 18.5 Å². The largest absolute Gasteiger partial charge is 0.492 e. The van der Waals surface area contributed by atoms with E-state index in [1.165, 1.54) is 6.07 Å². The van der Waals surface area contributed by atoms with Gasteiger partial charge in [-0.1, -0.05) is 37.3 Å². The van der Waals surface area contributed by atoms with Crippen LogP contribution in [0.15, 0.2) is 48.5 Å². The number of nitrogens with one attached hydrogen (secondary N) is 1. The number of likely N-dealkylation sites (N-methyl/N-ethyl adjacent to an activating group) is 1. The average molecular weight is 277 g/mol. The Kier molecular flexibility index (Phi) is 5.07. The second-order valence-electron chi connectivity index (χ2n) is 4.38. The number of para-hydroxylation sites is 1. The molecule has 106 valence electrons. The van der Waals surface area contributed by atoms with Crippen molar-refractivity contribution < 1.29 is 13.5 Å². The van der Waals surface area contributed by atoms with Gasteiger partial charge in [-0.05, 0) is 24.7 Å². The molecule has 1 unspecified atom stereocenters. The smallest absolute Gasteiger partial charge is 0.163 e. The van der Waals surface area contributed by atoms with Crippen molar-refractivity contribution in [1.82, 2.24) is 5.32 Å². The molecule has 2 aromatic rings. The summed E-state index contributed by atoms with van der Waals surface area (Å²) in [5, 5.41) is 3.11. The van der Waals surface area contributed by atoms with E-state index in [4.69, 9.17) is 4.74 Å². The van der Waals surface area contributed by atoms with Gasteiger partial charge in [0.1, 0.15) is 12.4 Å². The summed E-state index contributed by atoms with van der Waals surface area (Å²) in [6.07, 6.45) is 0. The molecule has 1 atom stereocenters. The molecule has 0 radical (unpaired) electrons. The third-order valence-corrected chi connectivity index (χ3v) is 2.97. The van der Waals surface area contributed by atoms with Crippen LogP contribution in [0.3, 0.4) is 0 Å². The number of ether oxygens (including phenoxy) is 1. The second-order valence-corrected chi connectivity index (χ2v) is 4.38. The van der Waals surface area contributed by atoms with Crippen molar-refractivity contribution in [3.63, 3.8) is 0 Å². The minimum atomic E-state index is -0.842. The first kappa shape index (κ1) is 14.5. The van der Waals surface area contributed by atoms with Crippen LogP contribution in [0.2, 0.25) is 0 Å². The fourth-order valence-electron chi connectivity index (χ4n) is 1.99. The lowest BCUT2D eigenvalue weighted by molar-refractivity contribution is 0.263. The van der Waals surface area contributed by atoms with Gasteiger partial charge in [-0.3, -0.25) is 0 Å². The molecule has 1 N–H and O–H groups in total. The second kappa shape index (κ2) is 7.01. The van der Waals surface area contributed by atoms with Gasteiger partial charge >= 0.3 is 0 Å². The van der Waals surface area contributed by atoms with E-state index in [1.54, 1.807) is 6.07 Å². The Labute approximate surface area is 117 Å². The van der Waals surface area contributed by atoms with E-state index in [2.05, 4.69) is 5.32 Å². The molecule has 4 heteroatoms. The molecular weight excluding hydrogens is 260 g/mol. The lowest BCUT2D eigenvalue weighted by Gasteiger charge is -2.19. The maximum atomic E-state index is 13.8. The van der Waals surface area contributed by atoms with E-state index >= 15 is 0 Å². The molecule has 0 spiro atoms. The van der Waals surface area contributed by atoms with Gasteiger partial charge in [0.2, 0.25) is 0 Å². The average Bonchev–Trinajstić information content (AvgIpc) is 2.48. The summed E-state index contributed by atoms with van der Waals surface area (Å²) in [6, 6.07) is 13.0.